The number of carboxylic acids is 1. The third kappa shape index (κ3) is 2.84. The van der Waals surface area contributed by atoms with E-state index in [4.69, 9.17) is 5.11 Å². The summed E-state index contributed by atoms with van der Waals surface area (Å²) < 4.78 is 40.7. The summed E-state index contributed by atoms with van der Waals surface area (Å²) in [6, 6.07) is 1.01. The molecule has 0 aliphatic heterocycles. The molecule has 0 aliphatic rings. The molecule has 1 N–H and O–H groups in total. The van der Waals surface area contributed by atoms with Crippen molar-refractivity contribution >= 4 is 17.0 Å². The number of pyridine rings is 1. The monoisotopic (exact) mass is 301 g/mol. The summed E-state index contributed by atoms with van der Waals surface area (Å²) in [4.78, 5) is 15.0. The van der Waals surface area contributed by atoms with Gasteiger partial charge in [-0.1, -0.05) is 13.8 Å². The van der Waals surface area contributed by atoms with Crippen LogP contribution in [0.1, 0.15) is 36.7 Å². The summed E-state index contributed by atoms with van der Waals surface area (Å²) in [7, 11) is 0. The lowest BCUT2D eigenvalue weighted by atomic mass is 10.0. The first-order valence-corrected chi connectivity index (χ1v) is 6.28. The summed E-state index contributed by atoms with van der Waals surface area (Å²) >= 11 is 0. The Bertz CT molecular complexity index is 705. The molecule has 0 amide bonds. The smallest absolute Gasteiger partial charge is 0.417 e. The molecule has 2 aromatic heterocycles. The fraction of sp³-hybridized carbons (Fsp3) is 0.462. The number of nitrogens with zero attached hydrogens (tertiary/aromatic N) is 3. The number of carboxylic acid groups (broad SMARTS) is 1. The summed E-state index contributed by atoms with van der Waals surface area (Å²) in [5, 5.41) is 12.6. The molecule has 8 heteroatoms. The number of rotatable bonds is 3. The average molecular weight is 301 g/mol. The van der Waals surface area contributed by atoms with E-state index >= 15 is 0 Å². The Labute approximate surface area is 118 Å². The quantitative estimate of drug-likeness (QED) is 0.946. The highest BCUT2D eigenvalue weighted by Gasteiger charge is 2.35. The summed E-state index contributed by atoms with van der Waals surface area (Å²) in [6.07, 6.45) is -4.55. The van der Waals surface area contributed by atoms with Crippen LogP contribution in [0.15, 0.2) is 6.07 Å². The van der Waals surface area contributed by atoms with E-state index in [1.54, 1.807) is 13.8 Å². The normalized spacial score (nSPS) is 12.3. The highest BCUT2D eigenvalue weighted by Crippen LogP contribution is 2.37. The topological polar surface area (TPSA) is 68.0 Å². The number of aliphatic carboxylic acids is 1. The van der Waals surface area contributed by atoms with Crippen LogP contribution in [0, 0.1) is 6.92 Å². The molecule has 21 heavy (non-hydrogen) atoms. The molecule has 0 atom stereocenters. The molecule has 0 spiro atoms. The SMILES string of the molecule is Cc1nn(CC(=O)O)c2nc(C(C)C)cc(C(F)(F)F)c12. The summed E-state index contributed by atoms with van der Waals surface area (Å²) in [5.74, 6) is -1.41. The van der Waals surface area contributed by atoms with Crippen LogP contribution in [0.5, 0.6) is 0 Å². The average Bonchev–Trinajstić information content (AvgIpc) is 2.63. The number of fused-ring (bicyclic) bond motifs is 1. The van der Waals surface area contributed by atoms with Crippen LogP contribution < -0.4 is 0 Å². The molecule has 0 aromatic carbocycles. The van der Waals surface area contributed by atoms with Crippen LogP contribution in [-0.2, 0) is 17.5 Å². The van der Waals surface area contributed by atoms with Gasteiger partial charge in [-0.25, -0.2) is 9.67 Å². The summed E-state index contributed by atoms with van der Waals surface area (Å²) in [5.41, 5.74) is -0.512. The maximum absolute atomic E-state index is 13.2. The van der Waals surface area contributed by atoms with Gasteiger partial charge in [-0.15, -0.1) is 0 Å². The first-order valence-electron chi connectivity index (χ1n) is 6.28. The lowest BCUT2D eigenvalue weighted by Crippen LogP contribution is -2.12. The Morgan fingerprint density at radius 3 is 2.52 bits per heavy atom. The number of alkyl halides is 3. The lowest BCUT2D eigenvalue weighted by molar-refractivity contribution is -0.138. The maximum Gasteiger partial charge on any atom is 0.417 e. The van der Waals surface area contributed by atoms with Crippen LogP contribution in [0.25, 0.3) is 11.0 Å². The first kappa shape index (κ1) is 15.3. The molecule has 0 radical (unpaired) electrons. The van der Waals surface area contributed by atoms with Gasteiger partial charge < -0.3 is 5.11 Å². The van der Waals surface area contributed by atoms with Crippen LogP contribution in [0.3, 0.4) is 0 Å². The number of carbonyl (C=O) groups is 1. The molecular weight excluding hydrogens is 287 g/mol. The van der Waals surface area contributed by atoms with Gasteiger partial charge in [0.05, 0.1) is 16.6 Å². The van der Waals surface area contributed by atoms with Crippen molar-refractivity contribution in [1.82, 2.24) is 14.8 Å². The van der Waals surface area contributed by atoms with Gasteiger partial charge in [-0.05, 0) is 18.9 Å². The van der Waals surface area contributed by atoms with Crippen molar-refractivity contribution in [3.63, 3.8) is 0 Å². The minimum atomic E-state index is -4.55. The molecule has 2 rings (SSSR count). The van der Waals surface area contributed by atoms with Gasteiger partial charge in [0.2, 0.25) is 0 Å². The van der Waals surface area contributed by atoms with Crippen LogP contribution >= 0.6 is 0 Å². The fourth-order valence-electron chi connectivity index (χ4n) is 2.13. The molecule has 0 saturated heterocycles. The van der Waals surface area contributed by atoms with Crippen molar-refractivity contribution in [3.8, 4) is 0 Å². The minimum Gasteiger partial charge on any atom is -0.480 e. The molecule has 0 saturated carbocycles. The van der Waals surface area contributed by atoms with Crippen molar-refractivity contribution in [3.05, 3.63) is 23.0 Å². The molecule has 2 aromatic rings. The first-order chi connectivity index (χ1) is 9.61. The third-order valence-electron chi connectivity index (χ3n) is 3.08. The Balaban J connectivity index is 2.83. The van der Waals surface area contributed by atoms with Crippen LogP contribution in [0.2, 0.25) is 0 Å². The van der Waals surface area contributed by atoms with Gasteiger partial charge >= 0.3 is 12.1 Å². The molecule has 0 unspecified atom stereocenters. The van der Waals surface area contributed by atoms with E-state index in [0.29, 0.717) is 0 Å². The number of hydrogen-bond donors (Lipinski definition) is 1. The van der Waals surface area contributed by atoms with Gasteiger partial charge in [-0.3, -0.25) is 4.79 Å². The zero-order valence-corrected chi connectivity index (χ0v) is 11.7. The van der Waals surface area contributed by atoms with E-state index in [-0.39, 0.29) is 28.3 Å². The molecule has 0 aliphatic carbocycles. The highest BCUT2D eigenvalue weighted by molar-refractivity contribution is 5.84. The zero-order chi connectivity index (χ0) is 15.9. The molecule has 114 valence electrons. The number of aromatic nitrogens is 3. The third-order valence-corrected chi connectivity index (χ3v) is 3.08. The molecule has 0 fully saturated rings. The zero-order valence-electron chi connectivity index (χ0n) is 11.7. The van der Waals surface area contributed by atoms with Crippen molar-refractivity contribution in [2.75, 3.05) is 0 Å². The van der Waals surface area contributed by atoms with Crippen LogP contribution in [0.4, 0.5) is 13.2 Å². The highest BCUT2D eigenvalue weighted by atomic mass is 19.4. The van der Waals surface area contributed by atoms with Gasteiger partial charge in [0.1, 0.15) is 6.54 Å². The largest absolute Gasteiger partial charge is 0.480 e. The van der Waals surface area contributed by atoms with Crippen molar-refractivity contribution in [1.29, 1.82) is 0 Å². The van der Waals surface area contributed by atoms with Crippen molar-refractivity contribution in [2.45, 2.75) is 39.4 Å². The number of halogens is 3. The molecule has 5 nitrogen and oxygen atoms in total. The fourth-order valence-corrected chi connectivity index (χ4v) is 2.13. The minimum absolute atomic E-state index is 0.0478. The van der Waals surface area contributed by atoms with Gasteiger partial charge in [-0.2, -0.15) is 18.3 Å². The summed E-state index contributed by atoms with van der Waals surface area (Å²) in [6.45, 7) is 4.32. The van der Waals surface area contributed by atoms with Crippen LogP contribution in [-0.4, -0.2) is 25.8 Å². The second kappa shape index (κ2) is 5.01. The Morgan fingerprint density at radius 1 is 1.43 bits per heavy atom. The molecule has 0 bridgehead atoms. The van der Waals surface area contributed by atoms with Crippen molar-refractivity contribution in [2.24, 2.45) is 0 Å². The number of aryl methyl sites for hydroxylation is 1. The molecular formula is C13H14F3N3O2. The molecule has 2 heterocycles. The number of hydrogen-bond acceptors (Lipinski definition) is 3. The van der Waals surface area contributed by atoms with E-state index in [9.17, 15) is 18.0 Å². The second-order valence-electron chi connectivity index (χ2n) is 5.08. The Hall–Kier alpha value is -2.12. The van der Waals surface area contributed by atoms with E-state index in [1.807, 2.05) is 0 Å². The maximum atomic E-state index is 13.2. The Morgan fingerprint density at radius 2 is 2.05 bits per heavy atom. The van der Waals surface area contributed by atoms with E-state index < -0.39 is 24.3 Å². The van der Waals surface area contributed by atoms with E-state index in [0.717, 1.165) is 10.7 Å². The van der Waals surface area contributed by atoms with Crippen molar-refractivity contribution < 1.29 is 23.1 Å². The Kier molecular flexibility index (Phi) is 3.65. The van der Waals surface area contributed by atoms with Gasteiger partial charge in [0, 0.05) is 5.69 Å². The van der Waals surface area contributed by atoms with E-state index in [2.05, 4.69) is 10.1 Å². The van der Waals surface area contributed by atoms with Gasteiger partial charge in [0.25, 0.3) is 0 Å². The van der Waals surface area contributed by atoms with E-state index in [1.165, 1.54) is 6.92 Å². The predicted molar refractivity (Wildman–Crippen MR) is 69.0 cm³/mol. The lowest BCUT2D eigenvalue weighted by Gasteiger charge is -2.12. The predicted octanol–water partition coefficient (Wildman–Crippen LogP) is 2.97. The van der Waals surface area contributed by atoms with Gasteiger partial charge in [0.15, 0.2) is 5.65 Å². The standard InChI is InChI=1S/C13H14F3N3O2/c1-6(2)9-4-8(13(14,15)16)11-7(3)18-19(5-10(20)21)12(11)17-9/h4,6H,5H2,1-3H3,(H,20,21). The second-order valence-corrected chi connectivity index (χ2v) is 5.08.